The van der Waals surface area contributed by atoms with Crippen LogP contribution in [0.1, 0.15) is 81.2 Å². The Morgan fingerprint density at radius 3 is 2.29 bits per heavy atom. The molecule has 1 aromatic carbocycles. The summed E-state index contributed by atoms with van der Waals surface area (Å²) in [7, 11) is 0. The average Bonchev–Trinajstić information content (AvgIpc) is 3.21. The zero-order valence-electron chi connectivity index (χ0n) is 19.3. The van der Waals surface area contributed by atoms with E-state index in [1.165, 1.54) is 6.26 Å². The monoisotopic (exact) mass is 425 g/mol. The number of amides is 2. The Kier molecular flexibility index (Phi) is 6.90. The van der Waals surface area contributed by atoms with Crippen LogP contribution in [0.15, 0.2) is 47.1 Å². The number of nitrogens with zero attached hydrogens (tertiary/aromatic N) is 1. The van der Waals surface area contributed by atoms with Gasteiger partial charge in [-0.2, -0.15) is 0 Å². The van der Waals surface area contributed by atoms with Gasteiger partial charge >= 0.3 is 0 Å². The molecule has 1 fully saturated rings. The number of rotatable bonds is 7. The topological polar surface area (TPSA) is 74.6 Å². The number of carbonyl (C=O) groups excluding carboxylic acids is 2. The molecule has 1 aliphatic rings. The molecule has 2 aromatic rings. The smallest absolute Gasteiger partial charge is 0.291 e. The maximum absolute atomic E-state index is 13.5. The molecular weight excluding hydrogens is 390 g/mol. The minimum Gasteiger partial charge on any atom is -0.459 e. The third-order valence-corrected chi connectivity index (χ3v) is 5.76. The largest absolute Gasteiger partial charge is 0.459 e. The summed E-state index contributed by atoms with van der Waals surface area (Å²) in [5.41, 5.74) is 1.21. The van der Waals surface area contributed by atoms with E-state index in [1.54, 1.807) is 36.4 Å². The van der Waals surface area contributed by atoms with Crippen LogP contribution in [0.25, 0.3) is 0 Å². The first-order valence-electron chi connectivity index (χ1n) is 11.2. The molecule has 2 N–H and O–H groups in total. The Morgan fingerprint density at radius 2 is 1.74 bits per heavy atom. The van der Waals surface area contributed by atoms with E-state index in [4.69, 9.17) is 4.42 Å². The van der Waals surface area contributed by atoms with Crippen LogP contribution < -0.4 is 10.6 Å². The SMILES string of the molecule is CCCCN(C(=O)c1ccc(NC(=O)c2ccco2)cc1)C1CC(C)(C)NC(C)(C)C1. The number of furan rings is 1. The summed E-state index contributed by atoms with van der Waals surface area (Å²) < 4.78 is 5.12. The zero-order chi connectivity index (χ0) is 22.6. The number of nitrogens with one attached hydrogen (secondary N) is 2. The highest BCUT2D eigenvalue weighted by Gasteiger charge is 2.41. The number of carbonyl (C=O) groups is 2. The first-order chi connectivity index (χ1) is 14.6. The predicted molar refractivity (Wildman–Crippen MR) is 123 cm³/mol. The Bertz CT molecular complexity index is 869. The minimum absolute atomic E-state index is 0.0306. The molecule has 0 bridgehead atoms. The number of piperidine rings is 1. The van der Waals surface area contributed by atoms with Crippen molar-refractivity contribution in [1.29, 1.82) is 0 Å². The van der Waals surface area contributed by atoms with E-state index in [-0.39, 0.29) is 34.7 Å². The van der Waals surface area contributed by atoms with Gasteiger partial charge in [0.05, 0.1) is 6.26 Å². The van der Waals surface area contributed by atoms with E-state index in [1.807, 2.05) is 0 Å². The number of benzene rings is 1. The van der Waals surface area contributed by atoms with Gasteiger partial charge < -0.3 is 20.0 Å². The van der Waals surface area contributed by atoms with Crippen molar-refractivity contribution in [3.8, 4) is 0 Å². The maximum Gasteiger partial charge on any atom is 0.291 e. The molecule has 0 radical (unpaired) electrons. The second kappa shape index (κ2) is 9.27. The highest BCUT2D eigenvalue weighted by molar-refractivity contribution is 6.02. The number of hydrogen-bond donors (Lipinski definition) is 2. The van der Waals surface area contributed by atoms with E-state index in [9.17, 15) is 9.59 Å². The van der Waals surface area contributed by atoms with Crippen LogP contribution in [0.4, 0.5) is 5.69 Å². The molecule has 0 saturated carbocycles. The molecule has 1 saturated heterocycles. The summed E-state index contributed by atoms with van der Waals surface area (Å²) in [6.45, 7) is 11.7. The van der Waals surface area contributed by atoms with Gasteiger partial charge in [0.1, 0.15) is 0 Å². The third kappa shape index (κ3) is 5.97. The first kappa shape index (κ1) is 23.1. The molecule has 0 spiro atoms. The third-order valence-electron chi connectivity index (χ3n) is 5.76. The molecule has 1 aliphatic heterocycles. The van der Waals surface area contributed by atoms with E-state index < -0.39 is 0 Å². The Hall–Kier alpha value is -2.60. The maximum atomic E-state index is 13.5. The van der Waals surface area contributed by atoms with E-state index in [0.717, 1.165) is 32.2 Å². The molecule has 6 heteroatoms. The molecule has 2 heterocycles. The van der Waals surface area contributed by atoms with Crippen LogP contribution in [-0.4, -0.2) is 40.4 Å². The minimum atomic E-state index is -0.312. The van der Waals surface area contributed by atoms with Crippen LogP contribution in [0.2, 0.25) is 0 Å². The van der Waals surface area contributed by atoms with Gasteiger partial charge in [-0.15, -0.1) is 0 Å². The van der Waals surface area contributed by atoms with Crippen molar-refractivity contribution in [2.45, 2.75) is 77.4 Å². The lowest BCUT2D eigenvalue weighted by Gasteiger charge is -2.49. The fourth-order valence-corrected chi connectivity index (χ4v) is 4.73. The lowest BCUT2D eigenvalue weighted by atomic mass is 9.78. The summed E-state index contributed by atoms with van der Waals surface area (Å²) in [4.78, 5) is 27.7. The van der Waals surface area contributed by atoms with Gasteiger partial charge in [0.25, 0.3) is 11.8 Å². The van der Waals surface area contributed by atoms with Gasteiger partial charge in [0.2, 0.25) is 0 Å². The Labute approximate surface area is 185 Å². The van der Waals surface area contributed by atoms with Crippen LogP contribution >= 0.6 is 0 Å². The molecular formula is C25H35N3O3. The van der Waals surface area contributed by atoms with Crippen LogP contribution in [0.5, 0.6) is 0 Å². The van der Waals surface area contributed by atoms with Gasteiger partial charge in [-0.05, 0) is 83.4 Å². The van der Waals surface area contributed by atoms with E-state index in [0.29, 0.717) is 11.3 Å². The fourth-order valence-electron chi connectivity index (χ4n) is 4.73. The van der Waals surface area contributed by atoms with Crippen molar-refractivity contribution in [3.05, 3.63) is 54.0 Å². The number of anilines is 1. The van der Waals surface area contributed by atoms with Crippen LogP contribution in [-0.2, 0) is 0 Å². The molecule has 0 unspecified atom stereocenters. The normalized spacial score (nSPS) is 17.8. The van der Waals surface area contributed by atoms with Gasteiger partial charge in [-0.25, -0.2) is 0 Å². The summed E-state index contributed by atoms with van der Waals surface area (Å²) >= 11 is 0. The van der Waals surface area contributed by atoms with Crippen molar-refractivity contribution in [1.82, 2.24) is 10.2 Å². The molecule has 168 valence electrons. The Balaban J connectivity index is 1.76. The summed E-state index contributed by atoms with van der Waals surface area (Å²) in [5.74, 6) is -0.00860. The lowest BCUT2D eigenvalue weighted by Crippen LogP contribution is -2.62. The van der Waals surface area contributed by atoms with Crippen molar-refractivity contribution >= 4 is 17.5 Å². The Morgan fingerprint density at radius 1 is 1.10 bits per heavy atom. The molecule has 6 nitrogen and oxygen atoms in total. The number of hydrogen-bond acceptors (Lipinski definition) is 4. The first-order valence-corrected chi connectivity index (χ1v) is 11.2. The second-order valence-electron chi connectivity index (χ2n) is 9.82. The van der Waals surface area contributed by atoms with Crippen LogP contribution in [0.3, 0.4) is 0 Å². The molecule has 0 aliphatic carbocycles. The van der Waals surface area contributed by atoms with Gasteiger partial charge in [0.15, 0.2) is 5.76 Å². The van der Waals surface area contributed by atoms with Crippen molar-refractivity contribution < 1.29 is 14.0 Å². The molecule has 0 atom stereocenters. The van der Waals surface area contributed by atoms with Crippen molar-refractivity contribution in [2.75, 3.05) is 11.9 Å². The van der Waals surface area contributed by atoms with Gasteiger partial charge in [0, 0.05) is 34.9 Å². The standard InChI is InChI=1S/C25H35N3O3/c1-6-7-14-28(20-16-24(2,3)27-25(4,5)17-20)23(30)18-10-12-19(13-11-18)26-22(29)21-9-8-15-31-21/h8-13,15,20,27H,6-7,14,16-17H2,1-5H3,(H,26,29). The summed E-state index contributed by atoms with van der Waals surface area (Å²) in [5, 5.41) is 6.50. The highest BCUT2D eigenvalue weighted by atomic mass is 16.3. The van der Waals surface area contributed by atoms with Gasteiger partial charge in [-0.1, -0.05) is 13.3 Å². The lowest BCUT2D eigenvalue weighted by molar-refractivity contribution is 0.0441. The van der Waals surface area contributed by atoms with Gasteiger partial charge in [-0.3, -0.25) is 9.59 Å². The quantitative estimate of drug-likeness (QED) is 0.648. The fraction of sp³-hybridized carbons (Fsp3) is 0.520. The van der Waals surface area contributed by atoms with E-state index in [2.05, 4.69) is 50.2 Å². The highest BCUT2D eigenvalue weighted by Crippen LogP contribution is 2.32. The average molecular weight is 426 g/mol. The number of unbranched alkanes of at least 4 members (excludes halogenated alkanes) is 1. The van der Waals surface area contributed by atoms with E-state index >= 15 is 0 Å². The molecule has 3 rings (SSSR count). The molecule has 1 aromatic heterocycles. The van der Waals surface area contributed by atoms with Crippen LogP contribution in [0, 0.1) is 0 Å². The van der Waals surface area contributed by atoms with Crippen molar-refractivity contribution in [2.24, 2.45) is 0 Å². The predicted octanol–water partition coefficient (Wildman–Crippen LogP) is 5.08. The zero-order valence-corrected chi connectivity index (χ0v) is 19.3. The summed E-state index contributed by atoms with van der Waals surface area (Å²) in [6, 6.07) is 10.6. The molecule has 2 amide bonds. The van der Waals surface area contributed by atoms with Crippen molar-refractivity contribution in [3.63, 3.8) is 0 Å². The second-order valence-corrected chi connectivity index (χ2v) is 9.82. The summed E-state index contributed by atoms with van der Waals surface area (Å²) in [6.07, 6.45) is 5.32. The molecule has 31 heavy (non-hydrogen) atoms.